The number of hydrogen-bond acceptors (Lipinski definition) is 5. The van der Waals surface area contributed by atoms with E-state index in [1.807, 2.05) is 38.1 Å². The van der Waals surface area contributed by atoms with Gasteiger partial charge in [0.15, 0.2) is 15.5 Å². The molecule has 134 valence electrons. The Morgan fingerprint density at radius 1 is 1.36 bits per heavy atom. The monoisotopic (exact) mass is 363 g/mol. The molecule has 3 rings (SSSR count). The van der Waals surface area contributed by atoms with Gasteiger partial charge in [-0.15, -0.1) is 10.2 Å². The molecule has 0 bridgehead atoms. The van der Waals surface area contributed by atoms with Crippen molar-refractivity contribution in [2.45, 2.75) is 32.7 Å². The van der Waals surface area contributed by atoms with Crippen LogP contribution >= 0.6 is 0 Å². The Morgan fingerprint density at radius 2 is 2.08 bits per heavy atom. The predicted molar refractivity (Wildman–Crippen MR) is 94.9 cm³/mol. The molecule has 1 N–H and O–H groups in total. The van der Waals surface area contributed by atoms with Crippen LogP contribution < -0.4 is 0 Å². The zero-order valence-corrected chi connectivity index (χ0v) is 15.0. The third-order valence-electron chi connectivity index (χ3n) is 4.43. The first-order valence-corrected chi connectivity index (χ1v) is 10.1. The molecule has 1 amide bonds. The lowest BCUT2D eigenvalue weighted by molar-refractivity contribution is -0.119. The highest BCUT2D eigenvalue weighted by Gasteiger charge is 2.29. The highest BCUT2D eigenvalue weighted by Crippen LogP contribution is 2.40. The molecule has 0 radical (unpaired) electrons. The average molecular weight is 363 g/mol. The number of azo groups is 1. The van der Waals surface area contributed by atoms with E-state index in [1.165, 1.54) is 0 Å². The highest BCUT2D eigenvalue weighted by atomic mass is 32.2. The van der Waals surface area contributed by atoms with Crippen LogP contribution in [0.4, 0.5) is 5.69 Å². The van der Waals surface area contributed by atoms with Crippen LogP contribution in [0.2, 0.25) is 0 Å². The Labute approximate surface area is 146 Å². The van der Waals surface area contributed by atoms with Crippen LogP contribution in [-0.4, -0.2) is 35.5 Å². The van der Waals surface area contributed by atoms with Gasteiger partial charge in [-0.2, -0.15) is 0 Å². The molecule has 0 unspecified atom stereocenters. The van der Waals surface area contributed by atoms with E-state index in [9.17, 15) is 18.3 Å². The smallest absolute Gasteiger partial charge is 0.265 e. The van der Waals surface area contributed by atoms with Crippen molar-refractivity contribution < 1.29 is 18.3 Å². The number of amides is 1. The van der Waals surface area contributed by atoms with Crippen molar-refractivity contribution in [3.63, 3.8) is 0 Å². The van der Waals surface area contributed by atoms with E-state index in [-0.39, 0.29) is 41.5 Å². The number of carbonyl (C=O) groups excluding carboxylic acids is 1. The van der Waals surface area contributed by atoms with Crippen LogP contribution in [0.15, 0.2) is 34.5 Å². The first-order valence-electron chi connectivity index (χ1n) is 8.25. The zero-order chi connectivity index (χ0) is 18.2. The maximum absolute atomic E-state index is 12.0. The molecular formula is C17H21N3O4S. The maximum Gasteiger partial charge on any atom is 0.265 e. The third-order valence-corrected chi connectivity index (χ3v) is 6.26. The molecule has 2 heterocycles. The van der Waals surface area contributed by atoms with Gasteiger partial charge in [0.1, 0.15) is 0 Å². The van der Waals surface area contributed by atoms with Crippen molar-refractivity contribution in [1.82, 2.24) is 4.57 Å². The molecule has 0 spiro atoms. The van der Waals surface area contributed by atoms with Crippen LogP contribution in [0, 0.1) is 5.92 Å². The summed E-state index contributed by atoms with van der Waals surface area (Å²) in [6, 6.07) is 7.41. The number of hydrogen-bond donors (Lipinski definition) is 1. The summed E-state index contributed by atoms with van der Waals surface area (Å²) in [4.78, 5) is 12.0. The number of nitrogens with zero attached hydrogens (tertiary/aromatic N) is 3. The van der Waals surface area contributed by atoms with Gasteiger partial charge in [0.2, 0.25) is 5.88 Å². The predicted octanol–water partition coefficient (Wildman–Crippen LogP) is 3.36. The fourth-order valence-electron chi connectivity index (χ4n) is 3.28. The van der Waals surface area contributed by atoms with E-state index in [4.69, 9.17) is 0 Å². The highest BCUT2D eigenvalue weighted by molar-refractivity contribution is 7.91. The number of aromatic nitrogens is 1. The van der Waals surface area contributed by atoms with Crippen molar-refractivity contribution in [3.05, 3.63) is 24.3 Å². The molecule has 7 nitrogen and oxygen atoms in total. The lowest BCUT2D eigenvalue weighted by atomic mass is 10.1. The van der Waals surface area contributed by atoms with Gasteiger partial charge < -0.3 is 9.67 Å². The summed E-state index contributed by atoms with van der Waals surface area (Å²) >= 11 is 0. The Kier molecular flexibility index (Phi) is 4.64. The van der Waals surface area contributed by atoms with Gasteiger partial charge in [-0.1, -0.05) is 18.2 Å². The van der Waals surface area contributed by atoms with Crippen molar-refractivity contribution in [3.8, 4) is 5.88 Å². The third kappa shape index (κ3) is 3.58. The maximum atomic E-state index is 12.0. The summed E-state index contributed by atoms with van der Waals surface area (Å²) in [5, 5.41) is 18.9. The molecular weight excluding hydrogens is 342 g/mol. The van der Waals surface area contributed by atoms with Crippen LogP contribution in [0.3, 0.4) is 0 Å². The molecule has 1 aromatic carbocycles. The fourth-order valence-corrected chi connectivity index (χ4v) is 5.14. The molecule has 1 aromatic heterocycles. The fraction of sp³-hybridized carbons (Fsp3) is 0.471. The normalized spacial score (nSPS) is 20.0. The van der Waals surface area contributed by atoms with E-state index in [0.29, 0.717) is 11.8 Å². The second-order valence-corrected chi connectivity index (χ2v) is 8.95. The van der Waals surface area contributed by atoms with E-state index in [1.54, 1.807) is 4.57 Å². The number of fused-ring (bicyclic) bond motifs is 1. The average Bonchev–Trinajstić information content (AvgIpc) is 3.01. The van der Waals surface area contributed by atoms with Crippen molar-refractivity contribution in [1.29, 1.82) is 0 Å². The number of para-hydroxylation sites is 1. The Hall–Kier alpha value is -2.22. The van der Waals surface area contributed by atoms with Gasteiger partial charge in [-0.3, -0.25) is 4.79 Å². The van der Waals surface area contributed by atoms with E-state index in [0.717, 1.165) is 5.52 Å². The van der Waals surface area contributed by atoms with Crippen molar-refractivity contribution in [2.24, 2.45) is 16.1 Å². The van der Waals surface area contributed by atoms with Gasteiger partial charge in [0.05, 0.1) is 17.0 Å². The lowest BCUT2D eigenvalue weighted by Gasteiger charge is -2.10. The second-order valence-electron chi connectivity index (χ2n) is 6.72. The molecule has 1 aliphatic heterocycles. The zero-order valence-electron chi connectivity index (χ0n) is 14.2. The van der Waals surface area contributed by atoms with Crippen molar-refractivity contribution in [2.75, 3.05) is 11.5 Å². The van der Waals surface area contributed by atoms with Crippen LogP contribution in [0.5, 0.6) is 5.88 Å². The summed E-state index contributed by atoms with van der Waals surface area (Å²) in [7, 11) is -3.02. The topological polar surface area (TPSA) is 101 Å². The molecule has 0 aliphatic carbocycles. The van der Waals surface area contributed by atoms with Crippen LogP contribution in [0.1, 0.15) is 32.7 Å². The first kappa shape index (κ1) is 17.6. The molecule has 0 saturated carbocycles. The molecule has 2 aromatic rings. The second kappa shape index (κ2) is 6.59. The SMILES string of the molecule is CC(C)n1c(O)c(N=NC(=O)C[C@H]2CCS(=O)(=O)C2)c2ccccc21. The van der Waals surface area contributed by atoms with Gasteiger partial charge in [-0.05, 0) is 32.3 Å². The Balaban J connectivity index is 1.84. The summed E-state index contributed by atoms with van der Waals surface area (Å²) in [6.07, 6.45) is 0.549. The summed E-state index contributed by atoms with van der Waals surface area (Å²) in [5.41, 5.74) is 1.08. The first-order chi connectivity index (χ1) is 11.8. The number of carbonyl (C=O) groups is 1. The van der Waals surface area contributed by atoms with Gasteiger partial charge in [0, 0.05) is 17.8 Å². The molecule has 1 aliphatic rings. The minimum Gasteiger partial charge on any atom is -0.493 e. The summed E-state index contributed by atoms with van der Waals surface area (Å²) in [5.74, 6) is -0.530. The summed E-state index contributed by atoms with van der Waals surface area (Å²) in [6.45, 7) is 3.89. The van der Waals surface area contributed by atoms with Gasteiger partial charge in [-0.25, -0.2) is 8.42 Å². The van der Waals surface area contributed by atoms with E-state index in [2.05, 4.69) is 10.2 Å². The van der Waals surface area contributed by atoms with E-state index >= 15 is 0 Å². The Morgan fingerprint density at radius 3 is 2.72 bits per heavy atom. The standard InChI is InChI=1S/C17H21N3O4S/c1-11(2)20-14-6-4-3-5-13(14)16(17(20)22)19-18-15(21)9-12-7-8-25(23,24)10-12/h3-6,11-12,22H,7-10H2,1-2H3/t12-/m1/s1. The minimum absolute atomic E-state index is 0.0215. The number of aromatic hydroxyl groups is 1. The summed E-state index contributed by atoms with van der Waals surface area (Å²) < 4.78 is 24.7. The van der Waals surface area contributed by atoms with Gasteiger partial charge >= 0.3 is 0 Å². The molecule has 1 atom stereocenters. The number of benzene rings is 1. The molecule has 1 fully saturated rings. The largest absolute Gasteiger partial charge is 0.493 e. The molecule has 1 saturated heterocycles. The quantitative estimate of drug-likeness (QED) is 0.842. The number of sulfone groups is 1. The molecule has 8 heteroatoms. The minimum atomic E-state index is -3.02. The van der Waals surface area contributed by atoms with Gasteiger partial charge in [0.25, 0.3) is 5.91 Å². The Bertz CT molecular complexity index is 944. The lowest BCUT2D eigenvalue weighted by Crippen LogP contribution is -2.08. The van der Waals surface area contributed by atoms with Crippen LogP contribution in [0.25, 0.3) is 10.9 Å². The molecule has 25 heavy (non-hydrogen) atoms. The van der Waals surface area contributed by atoms with Crippen LogP contribution in [-0.2, 0) is 14.6 Å². The number of rotatable bonds is 4. The van der Waals surface area contributed by atoms with Crippen molar-refractivity contribution >= 4 is 32.3 Å². The van der Waals surface area contributed by atoms with E-state index < -0.39 is 15.7 Å².